The van der Waals surface area contributed by atoms with E-state index < -0.39 is 0 Å². The van der Waals surface area contributed by atoms with Crippen LogP contribution in [0.4, 0.5) is 0 Å². The molecule has 0 bridgehead atoms. The van der Waals surface area contributed by atoms with Crippen LogP contribution in [0.2, 0.25) is 0 Å². The van der Waals surface area contributed by atoms with Crippen molar-refractivity contribution < 1.29 is 23.9 Å². The maximum atomic E-state index is 12.3. The van der Waals surface area contributed by atoms with Gasteiger partial charge in [-0.3, -0.25) is 10.1 Å². The number of nitrogens with zero attached hydrogens (tertiary/aromatic N) is 1. The molecule has 126 valence electrons. The third-order valence-corrected chi connectivity index (χ3v) is 3.23. The number of benzene rings is 1. The van der Waals surface area contributed by atoms with Crippen LogP contribution in [0.3, 0.4) is 0 Å². The normalized spacial score (nSPS) is 13.3. The summed E-state index contributed by atoms with van der Waals surface area (Å²) in [7, 11) is 4.18. The van der Waals surface area contributed by atoms with Crippen molar-refractivity contribution in [3.8, 4) is 11.5 Å². The van der Waals surface area contributed by atoms with E-state index in [-0.39, 0.29) is 18.7 Å². The molecule has 2 rings (SSSR count). The van der Waals surface area contributed by atoms with E-state index in [1.54, 1.807) is 18.2 Å². The molecule has 23 heavy (non-hydrogen) atoms. The molecular formula is C16H24N3O4+. The smallest absolute Gasteiger partial charge is 0.291 e. The highest BCUT2D eigenvalue weighted by Gasteiger charge is 2.17. The van der Waals surface area contributed by atoms with Gasteiger partial charge in [0.15, 0.2) is 11.5 Å². The topological polar surface area (TPSA) is 73.6 Å². The molecule has 0 aliphatic carbocycles. The number of aliphatic imine (C=N–C) groups is 1. The molecule has 7 heteroatoms. The third-order valence-electron chi connectivity index (χ3n) is 3.23. The lowest BCUT2D eigenvalue weighted by atomic mass is 10.2. The zero-order valence-electron chi connectivity index (χ0n) is 13.8. The molecule has 0 saturated heterocycles. The quantitative estimate of drug-likeness (QED) is 0.442. The Morgan fingerprint density at radius 1 is 1.35 bits per heavy atom. The molecule has 1 heterocycles. The van der Waals surface area contributed by atoms with Crippen LogP contribution in [0.1, 0.15) is 23.7 Å². The van der Waals surface area contributed by atoms with Crippen molar-refractivity contribution in [2.75, 3.05) is 40.6 Å². The second kappa shape index (κ2) is 8.38. The Kier molecular flexibility index (Phi) is 6.22. The number of ether oxygens (including phenoxy) is 3. The molecule has 1 aromatic carbocycles. The first kappa shape index (κ1) is 17.1. The minimum Gasteiger partial charge on any atom is -0.465 e. The van der Waals surface area contributed by atoms with Crippen molar-refractivity contribution in [3.05, 3.63) is 23.8 Å². The standard InChI is InChI=1S/C16H23N3O4/c1-4-21-16(17-8-5-9-19(2)3)18-15(20)12-6-7-13-14(10-12)23-11-22-13/h6-7,10H,4-5,8-9,11H2,1-3H3,(H,17,18,20)/p+1. The first-order valence-electron chi connectivity index (χ1n) is 7.77. The predicted molar refractivity (Wildman–Crippen MR) is 86.3 cm³/mol. The average molecular weight is 322 g/mol. The van der Waals surface area contributed by atoms with Gasteiger partial charge in [-0.25, -0.2) is 4.99 Å². The predicted octanol–water partition coefficient (Wildman–Crippen LogP) is 0.0722. The van der Waals surface area contributed by atoms with E-state index >= 15 is 0 Å². The number of hydrogen-bond acceptors (Lipinski definition) is 5. The molecule has 1 aliphatic heterocycles. The summed E-state index contributed by atoms with van der Waals surface area (Å²) < 4.78 is 15.9. The summed E-state index contributed by atoms with van der Waals surface area (Å²) in [6, 6.07) is 5.30. The van der Waals surface area contributed by atoms with Gasteiger partial charge in [0, 0.05) is 18.5 Å². The number of carbonyl (C=O) groups is 1. The third kappa shape index (κ3) is 5.14. The second-order valence-electron chi connectivity index (χ2n) is 5.45. The molecule has 1 amide bonds. The summed E-state index contributed by atoms with van der Waals surface area (Å²) in [6.07, 6.45) is 0.929. The molecule has 0 radical (unpaired) electrons. The Morgan fingerprint density at radius 2 is 2.13 bits per heavy atom. The molecule has 1 aliphatic rings. The van der Waals surface area contributed by atoms with Gasteiger partial charge in [-0.2, -0.15) is 0 Å². The van der Waals surface area contributed by atoms with Crippen LogP contribution >= 0.6 is 0 Å². The lowest BCUT2D eigenvalue weighted by Gasteiger charge is -2.10. The zero-order valence-corrected chi connectivity index (χ0v) is 13.8. The molecule has 2 N–H and O–H groups in total. The van der Waals surface area contributed by atoms with E-state index in [1.165, 1.54) is 4.90 Å². The minimum atomic E-state index is -0.284. The Hall–Kier alpha value is -2.28. The maximum absolute atomic E-state index is 12.3. The highest BCUT2D eigenvalue weighted by atomic mass is 16.7. The van der Waals surface area contributed by atoms with Crippen molar-refractivity contribution in [1.82, 2.24) is 5.32 Å². The van der Waals surface area contributed by atoms with E-state index in [2.05, 4.69) is 24.4 Å². The molecule has 0 unspecified atom stereocenters. The number of hydrogen-bond donors (Lipinski definition) is 2. The summed E-state index contributed by atoms with van der Waals surface area (Å²) in [5, 5.41) is 2.70. The lowest BCUT2D eigenvalue weighted by Crippen LogP contribution is -3.05. The van der Waals surface area contributed by atoms with Crippen molar-refractivity contribution in [2.45, 2.75) is 13.3 Å². The van der Waals surface area contributed by atoms with E-state index in [4.69, 9.17) is 14.2 Å². The number of nitrogens with one attached hydrogen (secondary N) is 2. The number of amidine groups is 1. The summed E-state index contributed by atoms with van der Waals surface area (Å²) >= 11 is 0. The number of rotatable bonds is 6. The van der Waals surface area contributed by atoms with Crippen LogP contribution in [0, 0.1) is 0 Å². The van der Waals surface area contributed by atoms with Gasteiger partial charge in [-0.1, -0.05) is 0 Å². The van der Waals surface area contributed by atoms with Crippen molar-refractivity contribution in [1.29, 1.82) is 0 Å². The molecule has 0 atom stereocenters. The molecule has 0 spiro atoms. The van der Waals surface area contributed by atoms with Crippen LogP contribution in [0.5, 0.6) is 11.5 Å². The molecular weight excluding hydrogens is 298 g/mol. The number of amides is 1. The maximum Gasteiger partial charge on any atom is 0.291 e. The average Bonchev–Trinajstić information content (AvgIpc) is 2.98. The van der Waals surface area contributed by atoms with Gasteiger partial charge in [-0.05, 0) is 25.1 Å². The van der Waals surface area contributed by atoms with Crippen molar-refractivity contribution >= 4 is 11.9 Å². The van der Waals surface area contributed by atoms with E-state index in [9.17, 15) is 4.79 Å². The summed E-state index contributed by atoms with van der Waals surface area (Å²) in [5.41, 5.74) is 0.472. The Labute approximate surface area is 136 Å². The fourth-order valence-electron chi connectivity index (χ4n) is 2.08. The van der Waals surface area contributed by atoms with Crippen molar-refractivity contribution in [2.24, 2.45) is 4.99 Å². The molecule has 1 aromatic rings. The summed E-state index contributed by atoms with van der Waals surface area (Å²) in [5.74, 6) is 0.932. The molecule has 0 aromatic heterocycles. The van der Waals surface area contributed by atoms with Gasteiger partial charge in [-0.15, -0.1) is 0 Å². The summed E-state index contributed by atoms with van der Waals surface area (Å²) in [4.78, 5) is 18.0. The van der Waals surface area contributed by atoms with Crippen LogP contribution < -0.4 is 19.7 Å². The van der Waals surface area contributed by atoms with Gasteiger partial charge in [0.1, 0.15) is 0 Å². The van der Waals surface area contributed by atoms with Gasteiger partial charge in [0.05, 0.1) is 27.2 Å². The van der Waals surface area contributed by atoms with Gasteiger partial charge in [0.2, 0.25) is 6.79 Å². The second-order valence-corrected chi connectivity index (χ2v) is 5.45. The molecule has 0 saturated carbocycles. The molecule has 0 fully saturated rings. The van der Waals surface area contributed by atoms with Crippen molar-refractivity contribution in [3.63, 3.8) is 0 Å². The van der Waals surface area contributed by atoms with Crippen LogP contribution in [0.25, 0.3) is 0 Å². The first-order valence-corrected chi connectivity index (χ1v) is 7.77. The number of quaternary nitrogens is 1. The highest BCUT2D eigenvalue weighted by Crippen LogP contribution is 2.32. The Morgan fingerprint density at radius 3 is 2.87 bits per heavy atom. The largest absolute Gasteiger partial charge is 0.465 e. The Balaban J connectivity index is 1.95. The monoisotopic (exact) mass is 322 g/mol. The van der Waals surface area contributed by atoms with Gasteiger partial charge >= 0.3 is 0 Å². The van der Waals surface area contributed by atoms with E-state index in [0.717, 1.165) is 13.0 Å². The van der Waals surface area contributed by atoms with Gasteiger partial charge in [0.25, 0.3) is 11.9 Å². The fourth-order valence-corrected chi connectivity index (χ4v) is 2.08. The van der Waals surface area contributed by atoms with E-state index in [1.807, 2.05) is 6.92 Å². The van der Waals surface area contributed by atoms with Crippen LogP contribution in [-0.2, 0) is 4.74 Å². The van der Waals surface area contributed by atoms with Crippen LogP contribution in [-0.4, -0.2) is 52.5 Å². The first-order chi connectivity index (χ1) is 11.1. The SMILES string of the molecule is CCOC(=NCCC[NH+](C)C)NC(=O)c1ccc2c(c1)OCO2. The summed E-state index contributed by atoms with van der Waals surface area (Å²) in [6.45, 7) is 4.10. The molecule has 7 nitrogen and oxygen atoms in total. The number of fused-ring (bicyclic) bond motifs is 1. The van der Waals surface area contributed by atoms with Gasteiger partial charge < -0.3 is 19.1 Å². The lowest BCUT2D eigenvalue weighted by molar-refractivity contribution is -0.858. The number of carbonyl (C=O) groups excluding carboxylic acids is 1. The van der Waals surface area contributed by atoms with E-state index in [0.29, 0.717) is 30.2 Å². The zero-order chi connectivity index (χ0) is 16.7. The minimum absolute atomic E-state index is 0.180. The highest BCUT2D eigenvalue weighted by molar-refractivity contribution is 6.04. The van der Waals surface area contributed by atoms with Crippen LogP contribution in [0.15, 0.2) is 23.2 Å². The fraction of sp³-hybridized carbons (Fsp3) is 0.500. The Bertz CT molecular complexity index is 572.